The molecule has 2 aromatic rings. The lowest BCUT2D eigenvalue weighted by atomic mass is 9.99. The third-order valence-corrected chi connectivity index (χ3v) is 5.95. The quantitative estimate of drug-likeness (QED) is 0.923. The number of aryl methyl sites for hydroxylation is 1. The monoisotopic (exact) mass is 348 g/mol. The highest BCUT2D eigenvalue weighted by molar-refractivity contribution is 7.89. The molecule has 0 aliphatic carbocycles. The van der Waals surface area contributed by atoms with Gasteiger partial charge in [0, 0.05) is 13.1 Å². The molecule has 1 atom stereocenters. The van der Waals surface area contributed by atoms with Crippen molar-refractivity contribution in [1.82, 2.24) is 9.62 Å². The van der Waals surface area contributed by atoms with E-state index < -0.39 is 21.9 Å². The van der Waals surface area contributed by atoms with E-state index in [1.807, 2.05) is 19.1 Å². The average molecular weight is 348 g/mol. The molecule has 126 valence electrons. The van der Waals surface area contributed by atoms with E-state index in [9.17, 15) is 17.6 Å². The van der Waals surface area contributed by atoms with Crippen molar-refractivity contribution in [3.8, 4) is 0 Å². The van der Waals surface area contributed by atoms with Crippen LogP contribution in [0, 0.1) is 12.7 Å². The predicted molar refractivity (Wildman–Crippen MR) is 87.2 cm³/mol. The zero-order valence-corrected chi connectivity index (χ0v) is 13.9. The number of piperazine rings is 1. The summed E-state index contributed by atoms with van der Waals surface area (Å²) in [7, 11) is -3.92. The van der Waals surface area contributed by atoms with Gasteiger partial charge in [0.2, 0.25) is 15.9 Å². The van der Waals surface area contributed by atoms with E-state index >= 15 is 0 Å². The fourth-order valence-electron chi connectivity index (χ4n) is 2.84. The Hall–Kier alpha value is -2.25. The minimum Gasteiger partial charge on any atom is -0.353 e. The number of nitrogens with zero attached hydrogens (tertiary/aromatic N) is 1. The van der Waals surface area contributed by atoms with Crippen molar-refractivity contribution in [2.75, 3.05) is 13.1 Å². The third-order valence-electron chi connectivity index (χ3n) is 4.07. The highest BCUT2D eigenvalue weighted by Crippen LogP contribution is 2.31. The van der Waals surface area contributed by atoms with E-state index in [1.165, 1.54) is 16.4 Å². The molecule has 1 aliphatic heterocycles. The summed E-state index contributed by atoms with van der Waals surface area (Å²) in [6.07, 6.45) is 0. The number of sulfonamides is 1. The number of carbonyl (C=O) groups is 1. The number of rotatable bonds is 3. The Bertz CT molecular complexity index is 866. The highest BCUT2D eigenvalue weighted by Gasteiger charge is 2.39. The Kier molecular flexibility index (Phi) is 4.38. The van der Waals surface area contributed by atoms with Crippen molar-refractivity contribution in [3.05, 3.63) is 65.5 Å². The zero-order chi connectivity index (χ0) is 17.3. The molecule has 1 amide bonds. The van der Waals surface area contributed by atoms with Gasteiger partial charge >= 0.3 is 0 Å². The maximum absolute atomic E-state index is 13.1. The van der Waals surface area contributed by atoms with Gasteiger partial charge in [-0.25, -0.2) is 12.8 Å². The number of nitrogens with one attached hydrogen (secondary N) is 1. The summed E-state index contributed by atoms with van der Waals surface area (Å²) in [5.41, 5.74) is 1.47. The number of hydrogen-bond donors (Lipinski definition) is 1. The van der Waals surface area contributed by atoms with Gasteiger partial charge in [0.1, 0.15) is 11.9 Å². The lowest BCUT2D eigenvalue weighted by Crippen LogP contribution is -2.52. The van der Waals surface area contributed by atoms with Crippen molar-refractivity contribution in [3.63, 3.8) is 0 Å². The van der Waals surface area contributed by atoms with Crippen LogP contribution in [0.3, 0.4) is 0 Å². The first-order valence-corrected chi connectivity index (χ1v) is 8.96. The van der Waals surface area contributed by atoms with Crippen LogP contribution in [0.1, 0.15) is 17.2 Å². The Morgan fingerprint density at radius 1 is 1.12 bits per heavy atom. The topological polar surface area (TPSA) is 66.5 Å². The van der Waals surface area contributed by atoms with E-state index in [0.29, 0.717) is 5.56 Å². The molecule has 5 nitrogen and oxygen atoms in total. The summed E-state index contributed by atoms with van der Waals surface area (Å²) in [4.78, 5) is 12.4. The molecule has 1 heterocycles. The Morgan fingerprint density at radius 3 is 2.46 bits per heavy atom. The molecule has 0 radical (unpaired) electrons. The number of carbonyl (C=O) groups excluding carboxylic acids is 1. The zero-order valence-electron chi connectivity index (χ0n) is 13.1. The van der Waals surface area contributed by atoms with Gasteiger partial charge in [0.05, 0.1) is 4.90 Å². The van der Waals surface area contributed by atoms with Gasteiger partial charge in [-0.15, -0.1) is 0 Å². The molecular formula is C17H17FN2O3S. The minimum atomic E-state index is -3.92. The van der Waals surface area contributed by atoms with Crippen LogP contribution >= 0.6 is 0 Å². The lowest BCUT2D eigenvalue weighted by molar-refractivity contribution is -0.126. The first-order valence-electron chi connectivity index (χ1n) is 7.52. The van der Waals surface area contributed by atoms with E-state index in [0.717, 1.165) is 17.7 Å². The summed E-state index contributed by atoms with van der Waals surface area (Å²) in [5, 5.41) is 2.72. The predicted octanol–water partition coefficient (Wildman–Crippen LogP) is 2.00. The second-order valence-electron chi connectivity index (χ2n) is 5.62. The van der Waals surface area contributed by atoms with Gasteiger partial charge in [0.25, 0.3) is 0 Å². The van der Waals surface area contributed by atoms with Crippen molar-refractivity contribution >= 4 is 15.9 Å². The van der Waals surface area contributed by atoms with Gasteiger partial charge in [-0.1, -0.05) is 24.3 Å². The van der Waals surface area contributed by atoms with Gasteiger partial charge in [-0.05, 0) is 42.3 Å². The minimum absolute atomic E-state index is 0.0304. The van der Waals surface area contributed by atoms with Crippen molar-refractivity contribution in [1.29, 1.82) is 0 Å². The summed E-state index contributed by atoms with van der Waals surface area (Å²) in [6, 6.07) is 10.9. The second kappa shape index (κ2) is 6.33. The molecule has 1 aliphatic rings. The van der Waals surface area contributed by atoms with Crippen molar-refractivity contribution in [2.45, 2.75) is 17.9 Å². The maximum atomic E-state index is 13.1. The van der Waals surface area contributed by atoms with Crippen LogP contribution in [0.25, 0.3) is 0 Å². The van der Waals surface area contributed by atoms with Crippen molar-refractivity contribution in [2.24, 2.45) is 0 Å². The summed E-state index contributed by atoms with van der Waals surface area (Å²) in [6.45, 7) is 2.23. The molecule has 3 rings (SSSR count). The molecule has 1 N–H and O–H groups in total. The Balaban J connectivity index is 2.08. The molecule has 7 heteroatoms. The molecule has 1 fully saturated rings. The number of amides is 1. The smallest absolute Gasteiger partial charge is 0.244 e. The normalized spacial score (nSPS) is 19.1. The average Bonchev–Trinajstić information content (AvgIpc) is 2.56. The molecule has 2 aromatic carbocycles. The van der Waals surface area contributed by atoms with E-state index in [2.05, 4.69) is 5.32 Å². The highest BCUT2D eigenvalue weighted by atomic mass is 32.2. The number of halogens is 1. The summed E-state index contributed by atoms with van der Waals surface area (Å²) < 4.78 is 40.2. The standard InChI is InChI=1S/C17H17FN2O3S/c1-12-4-2-3-5-15(12)16-17(21)19-10-11-20(16)24(22,23)14-8-6-13(18)7-9-14/h2-9,16H,10-11H2,1H3,(H,19,21). The lowest BCUT2D eigenvalue weighted by Gasteiger charge is -2.34. The van der Waals surface area contributed by atoms with E-state index in [1.54, 1.807) is 12.1 Å². The Morgan fingerprint density at radius 2 is 1.79 bits per heavy atom. The molecule has 24 heavy (non-hydrogen) atoms. The molecular weight excluding hydrogens is 331 g/mol. The largest absolute Gasteiger partial charge is 0.353 e. The molecule has 0 bridgehead atoms. The second-order valence-corrected chi connectivity index (χ2v) is 7.51. The van der Waals surface area contributed by atoms with Crippen LogP contribution in [-0.2, 0) is 14.8 Å². The van der Waals surface area contributed by atoms with Gasteiger partial charge in [-0.3, -0.25) is 4.79 Å². The molecule has 0 saturated carbocycles. The van der Waals surface area contributed by atoms with E-state index in [4.69, 9.17) is 0 Å². The molecule has 0 spiro atoms. The number of hydrogen-bond acceptors (Lipinski definition) is 3. The summed E-state index contributed by atoms with van der Waals surface area (Å²) >= 11 is 0. The molecule has 1 unspecified atom stereocenters. The SMILES string of the molecule is Cc1ccccc1C1C(=O)NCCN1S(=O)(=O)c1ccc(F)cc1. The third kappa shape index (κ3) is 2.92. The first kappa shape index (κ1) is 16.6. The van der Waals surface area contributed by atoms with Crippen LogP contribution in [-0.4, -0.2) is 31.7 Å². The summed E-state index contributed by atoms with van der Waals surface area (Å²) in [5.74, 6) is -0.873. The van der Waals surface area contributed by atoms with Crippen LogP contribution in [0.15, 0.2) is 53.4 Å². The first-order chi connectivity index (χ1) is 11.4. The van der Waals surface area contributed by atoms with Gasteiger partial charge in [0.15, 0.2) is 0 Å². The van der Waals surface area contributed by atoms with E-state index in [-0.39, 0.29) is 23.9 Å². The van der Waals surface area contributed by atoms with Crippen LogP contribution in [0.4, 0.5) is 4.39 Å². The molecule has 0 aromatic heterocycles. The van der Waals surface area contributed by atoms with Crippen LogP contribution in [0.2, 0.25) is 0 Å². The fourth-order valence-corrected chi connectivity index (χ4v) is 4.41. The van der Waals surface area contributed by atoms with Crippen molar-refractivity contribution < 1.29 is 17.6 Å². The maximum Gasteiger partial charge on any atom is 0.244 e. The fraction of sp³-hybridized carbons (Fsp3) is 0.235. The van der Waals surface area contributed by atoms with Crippen LogP contribution in [0.5, 0.6) is 0 Å². The Labute approximate surface area is 140 Å². The van der Waals surface area contributed by atoms with Crippen LogP contribution < -0.4 is 5.32 Å². The molecule has 1 saturated heterocycles. The van der Waals surface area contributed by atoms with Gasteiger partial charge in [-0.2, -0.15) is 4.31 Å². The number of benzene rings is 2. The van der Waals surface area contributed by atoms with Gasteiger partial charge < -0.3 is 5.32 Å².